The van der Waals surface area contributed by atoms with Crippen molar-refractivity contribution >= 4 is 40.6 Å². The number of nitrogens with zero attached hydrogens (tertiary/aromatic N) is 1. The molecule has 0 aliphatic carbocycles. The number of carbonyl (C=O) groups is 2. The standard InChI is InChI=1S/C12H12ClN3O4S/c1-19-7(8-2-3-9(13)21-8)6-14-11(17)12(18)15-10-4-5-20-16-10/h2-5,7H,6H2,1H3,(H,14,17)(H,15,16,18)/t7-/m1/s1. The summed E-state index contributed by atoms with van der Waals surface area (Å²) in [5.41, 5.74) is 0. The quantitative estimate of drug-likeness (QED) is 0.816. The molecule has 2 N–H and O–H groups in total. The van der Waals surface area contributed by atoms with Gasteiger partial charge < -0.3 is 14.6 Å². The van der Waals surface area contributed by atoms with Gasteiger partial charge in [0.05, 0.1) is 4.34 Å². The van der Waals surface area contributed by atoms with Crippen molar-refractivity contribution in [2.24, 2.45) is 0 Å². The van der Waals surface area contributed by atoms with Crippen LogP contribution in [0.15, 0.2) is 29.0 Å². The van der Waals surface area contributed by atoms with Gasteiger partial charge in [-0.3, -0.25) is 14.9 Å². The lowest BCUT2D eigenvalue weighted by atomic mass is 10.3. The van der Waals surface area contributed by atoms with Crippen molar-refractivity contribution in [1.82, 2.24) is 10.5 Å². The molecule has 0 aliphatic heterocycles. The molecule has 0 saturated heterocycles. The molecule has 2 rings (SSSR count). The highest BCUT2D eigenvalue weighted by molar-refractivity contribution is 7.16. The van der Waals surface area contributed by atoms with E-state index in [1.54, 1.807) is 6.07 Å². The Labute approximate surface area is 129 Å². The van der Waals surface area contributed by atoms with E-state index < -0.39 is 11.8 Å². The van der Waals surface area contributed by atoms with Gasteiger partial charge in [0.25, 0.3) is 0 Å². The van der Waals surface area contributed by atoms with Crippen LogP contribution in [0.25, 0.3) is 0 Å². The Kier molecular flexibility index (Phi) is 5.32. The number of carbonyl (C=O) groups excluding carboxylic acids is 2. The highest BCUT2D eigenvalue weighted by Crippen LogP contribution is 2.28. The zero-order chi connectivity index (χ0) is 15.2. The Balaban J connectivity index is 1.86. The average molecular weight is 330 g/mol. The van der Waals surface area contributed by atoms with Crippen LogP contribution in [0.2, 0.25) is 4.34 Å². The molecular weight excluding hydrogens is 318 g/mol. The summed E-state index contributed by atoms with van der Waals surface area (Å²) in [5.74, 6) is -1.45. The zero-order valence-electron chi connectivity index (χ0n) is 11.0. The predicted molar refractivity (Wildman–Crippen MR) is 77.2 cm³/mol. The lowest BCUT2D eigenvalue weighted by Gasteiger charge is -2.14. The van der Waals surface area contributed by atoms with Crippen LogP contribution in [0.1, 0.15) is 11.0 Å². The van der Waals surface area contributed by atoms with Gasteiger partial charge in [-0.2, -0.15) is 0 Å². The number of nitrogens with one attached hydrogen (secondary N) is 2. The number of hydrogen-bond donors (Lipinski definition) is 2. The van der Waals surface area contributed by atoms with E-state index in [2.05, 4.69) is 20.3 Å². The van der Waals surface area contributed by atoms with E-state index in [0.717, 1.165) is 4.88 Å². The largest absolute Gasteiger partial charge is 0.374 e. The summed E-state index contributed by atoms with van der Waals surface area (Å²) >= 11 is 7.20. The molecule has 2 aromatic heterocycles. The Morgan fingerprint density at radius 3 is 2.81 bits per heavy atom. The first-order valence-corrected chi connectivity index (χ1v) is 7.07. The van der Waals surface area contributed by atoms with Gasteiger partial charge in [0.1, 0.15) is 12.4 Å². The van der Waals surface area contributed by atoms with Crippen LogP contribution in [0, 0.1) is 0 Å². The summed E-state index contributed by atoms with van der Waals surface area (Å²) in [6, 6.07) is 4.98. The van der Waals surface area contributed by atoms with Gasteiger partial charge in [0.2, 0.25) is 0 Å². The minimum Gasteiger partial charge on any atom is -0.374 e. The maximum Gasteiger partial charge on any atom is 0.314 e. The van der Waals surface area contributed by atoms with Crippen molar-refractivity contribution in [2.75, 3.05) is 19.0 Å². The fraction of sp³-hybridized carbons (Fsp3) is 0.250. The van der Waals surface area contributed by atoms with Gasteiger partial charge in [0, 0.05) is 24.6 Å². The topological polar surface area (TPSA) is 93.5 Å². The van der Waals surface area contributed by atoms with Crippen molar-refractivity contribution in [3.05, 3.63) is 33.7 Å². The molecule has 0 saturated carbocycles. The molecule has 7 nitrogen and oxygen atoms in total. The second-order valence-electron chi connectivity index (χ2n) is 3.92. The molecule has 0 fully saturated rings. The lowest BCUT2D eigenvalue weighted by molar-refractivity contribution is -0.136. The van der Waals surface area contributed by atoms with Crippen molar-refractivity contribution in [3.8, 4) is 0 Å². The molecule has 2 amide bonds. The summed E-state index contributed by atoms with van der Waals surface area (Å²) < 4.78 is 10.4. The molecule has 1 atom stereocenters. The van der Waals surface area contributed by atoms with Crippen LogP contribution < -0.4 is 10.6 Å². The molecule has 0 radical (unpaired) electrons. The number of anilines is 1. The van der Waals surface area contributed by atoms with E-state index >= 15 is 0 Å². The molecule has 0 bridgehead atoms. The second-order valence-corrected chi connectivity index (χ2v) is 5.66. The molecule has 0 spiro atoms. The van der Waals surface area contributed by atoms with Gasteiger partial charge in [0.15, 0.2) is 5.82 Å². The number of aromatic nitrogens is 1. The predicted octanol–water partition coefficient (Wildman–Crippen LogP) is 1.83. The number of halogens is 1. The second kappa shape index (κ2) is 7.21. The monoisotopic (exact) mass is 329 g/mol. The van der Waals surface area contributed by atoms with Gasteiger partial charge in [-0.1, -0.05) is 16.8 Å². The zero-order valence-corrected chi connectivity index (χ0v) is 12.5. The molecule has 21 heavy (non-hydrogen) atoms. The Morgan fingerprint density at radius 1 is 1.43 bits per heavy atom. The number of amides is 2. The van der Waals surface area contributed by atoms with Crippen molar-refractivity contribution < 1.29 is 18.8 Å². The van der Waals surface area contributed by atoms with E-state index in [9.17, 15) is 9.59 Å². The summed E-state index contributed by atoms with van der Waals surface area (Å²) in [5, 5.41) is 8.25. The number of thiophene rings is 1. The third kappa shape index (κ3) is 4.28. The van der Waals surface area contributed by atoms with Gasteiger partial charge in [-0.25, -0.2) is 0 Å². The van der Waals surface area contributed by atoms with Crippen LogP contribution in [-0.2, 0) is 14.3 Å². The number of ether oxygens (including phenoxy) is 1. The van der Waals surface area contributed by atoms with Gasteiger partial charge in [-0.05, 0) is 12.1 Å². The fourth-order valence-electron chi connectivity index (χ4n) is 1.52. The Bertz CT molecular complexity index is 614. The number of hydrogen-bond acceptors (Lipinski definition) is 6. The molecule has 0 aromatic carbocycles. The van der Waals surface area contributed by atoms with Crippen LogP contribution in [0.3, 0.4) is 0 Å². The molecule has 0 unspecified atom stereocenters. The molecular formula is C12H12ClN3O4S. The van der Waals surface area contributed by atoms with Crippen LogP contribution in [-0.4, -0.2) is 30.6 Å². The van der Waals surface area contributed by atoms with Gasteiger partial charge in [-0.15, -0.1) is 11.3 Å². The van der Waals surface area contributed by atoms with E-state index in [1.807, 2.05) is 6.07 Å². The molecule has 9 heteroatoms. The number of methoxy groups -OCH3 is 1. The molecule has 0 aliphatic rings. The maximum absolute atomic E-state index is 11.7. The smallest absolute Gasteiger partial charge is 0.314 e. The van der Waals surface area contributed by atoms with E-state index in [1.165, 1.54) is 30.8 Å². The fourth-order valence-corrected chi connectivity index (χ4v) is 2.66. The molecule has 2 aromatic rings. The number of rotatable bonds is 5. The third-order valence-electron chi connectivity index (χ3n) is 2.53. The van der Waals surface area contributed by atoms with E-state index in [0.29, 0.717) is 4.34 Å². The van der Waals surface area contributed by atoms with Crippen molar-refractivity contribution in [2.45, 2.75) is 6.10 Å². The summed E-state index contributed by atoms with van der Waals surface area (Å²) in [4.78, 5) is 24.1. The lowest BCUT2D eigenvalue weighted by Crippen LogP contribution is -2.37. The summed E-state index contributed by atoms with van der Waals surface area (Å²) in [6.45, 7) is 0.151. The van der Waals surface area contributed by atoms with Crippen LogP contribution >= 0.6 is 22.9 Å². The molecule has 112 valence electrons. The summed E-state index contributed by atoms with van der Waals surface area (Å²) in [6.07, 6.45) is 0.918. The Hall–Kier alpha value is -1.90. The first-order valence-electron chi connectivity index (χ1n) is 5.87. The van der Waals surface area contributed by atoms with Crippen molar-refractivity contribution in [3.63, 3.8) is 0 Å². The van der Waals surface area contributed by atoms with Crippen molar-refractivity contribution in [1.29, 1.82) is 0 Å². The first kappa shape index (κ1) is 15.5. The highest BCUT2D eigenvalue weighted by Gasteiger charge is 2.18. The van der Waals surface area contributed by atoms with Gasteiger partial charge >= 0.3 is 11.8 Å². The van der Waals surface area contributed by atoms with E-state index in [4.69, 9.17) is 16.3 Å². The SMILES string of the molecule is CO[C@H](CNC(=O)C(=O)Nc1ccon1)c1ccc(Cl)s1. The minimum atomic E-state index is -0.831. The highest BCUT2D eigenvalue weighted by atomic mass is 35.5. The molecule has 2 heterocycles. The normalized spacial score (nSPS) is 11.9. The van der Waals surface area contributed by atoms with E-state index in [-0.39, 0.29) is 18.5 Å². The maximum atomic E-state index is 11.7. The first-order chi connectivity index (χ1) is 10.1. The van der Waals surface area contributed by atoms with Crippen LogP contribution in [0.4, 0.5) is 5.82 Å². The average Bonchev–Trinajstić information content (AvgIpc) is 3.11. The summed E-state index contributed by atoms with van der Waals surface area (Å²) in [7, 11) is 1.51. The Morgan fingerprint density at radius 2 is 2.24 bits per heavy atom. The third-order valence-corrected chi connectivity index (χ3v) is 3.85. The minimum absolute atomic E-state index is 0.151. The van der Waals surface area contributed by atoms with Crippen LogP contribution in [0.5, 0.6) is 0 Å².